The molecule has 2 N–H and O–H groups in total. The second-order valence-corrected chi connectivity index (χ2v) is 5.07. The van der Waals surface area contributed by atoms with Crippen LogP contribution in [0.1, 0.15) is 5.56 Å². The topological polar surface area (TPSA) is 39.3 Å². The maximum absolute atomic E-state index is 9.58. The summed E-state index contributed by atoms with van der Waals surface area (Å²) in [5.41, 5.74) is 2.28. The first kappa shape index (κ1) is 11.5. The highest BCUT2D eigenvalue weighted by Gasteiger charge is 2.08. The van der Waals surface area contributed by atoms with Crippen LogP contribution in [0.4, 0.5) is 0 Å². The van der Waals surface area contributed by atoms with Crippen molar-refractivity contribution in [2.45, 2.75) is 6.42 Å². The molecule has 2 rings (SSSR count). The number of halogens is 1. The molecule has 0 aliphatic carbocycles. The number of phenols is 1. The number of benzene rings is 1. The number of hydrogen-bond acceptors (Lipinski definition) is 2. The van der Waals surface area contributed by atoms with Crippen LogP contribution in [-0.2, 0) is 6.42 Å². The SMILES string of the molecule is CN(C)CCc1c[nH]c2c(Br)cc(O)cc12. The van der Waals surface area contributed by atoms with E-state index < -0.39 is 0 Å². The van der Waals surface area contributed by atoms with Crippen LogP contribution in [0.2, 0.25) is 0 Å². The van der Waals surface area contributed by atoms with Crippen molar-refractivity contribution in [2.75, 3.05) is 20.6 Å². The van der Waals surface area contributed by atoms with Gasteiger partial charge in [0.05, 0.1) is 5.52 Å². The molecule has 1 aromatic heterocycles. The van der Waals surface area contributed by atoms with Gasteiger partial charge < -0.3 is 15.0 Å². The molecule has 4 heteroatoms. The van der Waals surface area contributed by atoms with E-state index in [2.05, 4.69) is 39.9 Å². The summed E-state index contributed by atoms with van der Waals surface area (Å²) in [5, 5.41) is 10.7. The van der Waals surface area contributed by atoms with E-state index >= 15 is 0 Å². The van der Waals surface area contributed by atoms with Crippen molar-refractivity contribution >= 4 is 26.8 Å². The van der Waals surface area contributed by atoms with Crippen molar-refractivity contribution in [3.05, 3.63) is 28.4 Å². The number of H-pyrrole nitrogens is 1. The Morgan fingerprint density at radius 1 is 1.38 bits per heavy atom. The van der Waals surface area contributed by atoms with Crippen LogP contribution in [0.15, 0.2) is 22.8 Å². The molecule has 0 bridgehead atoms. The normalized spacial score (nSPS) is 11.5. The predicted octanol–water partition coefficient (Wildman–Crippen LogP) is 2.74. The number of phenolic OH excluding ortho intramolecular Hbond substituents is 1. The molecule has 0 radical (unpaired) electrons. The monoisotopic (exact) mass is 282 g/mol. The molecule has 0 aliphatic rings. The smallest absolute Gasteiger partial charge is 0.117 e. The lowest BCUT2D eigenvalue weighted by atomic mass is 10.1. The molecule has 0 amide bonds. The molecule has 86 valence electrons. The van der Waals surface area contributed by atoms with Crippen LogP contribution < -0.4 is 0 Å². The van der Waals surface area contributed by atoms with Crippen LogP contribution in [0.5, 0.6) is 5.75 Å². The van der Waals surface area contributed by atoms with Crippen molar-refractivity contribution in [3.63, 3.8) is 0 Å². The molecule has 16 heavy (non-hydrogen) atoms. The average molecular weight is 283 g/mol. The zero-order valence-corrected chi connectivity index (χ0v) is 11.0. The highest BCUT2D eigenvalue weighted by Crippen LogP contribution is 2.30. The Morgan fingerprint density at radius 2 is 2.12 bits per heavy atom. The molecule has 0 fully saturated rings. The lowest BCUT2D eigenvalue weighted by Gasteiger charge is -2.08. The van der Waals surface area contributed by atoms with Gasteiger partial charge in [-0.15, -0.1) is 0 Å². The maximum atomic E-state index is 9.58. The third-order valence-electron chi connectivity index (χ3n) is 2.64. The van der Waals surface area contributed by atoms with E-state index in [1.165, 1.54) is 5.56 Å². The number of aromatic nitrogens is 1. The van der Waals surface area contributed by atoms with Gasteiger partial charge in [0.1, 0.15) is 5.75 Å². The minimum Gasteiger partial charge on any atom is -0.508 e. The lowest BCUT2D eigenvalue weighted by Crippen LogP contribution is -2.14. The van der Waals surface area contributed by atoms with Gasteiger partial charge in [0.2, 0.25) is 0 Å². The second kappa shape index (κ2) is 4.47. The number of hydrogen-bond donors (Lipinski definition) is 2. The first-order chi connectivity index (χ1) is 7.58. The zero-order valence-electron chi connectivity index (χ0n) is 9.42. The number of fused-ring (bicyclic) bond motifs is 1. The van der Waals surface area contributed by atoms with Gasteiger partial charge in [-0.2, -0.15) is 0 Å². The second-order valence-electron chi connectivity index (χ2n) is 4.22. The van der Waals surface area contributed by atoms with Crippen LogP contribution >= 0.6 is 15.9 Å². The minimum atomic E-state index is 0.296. The van der Waals surface area contributed by atoms with Crippen molar-refractivity contribution in [1.82, 2.24) is 9.88 Å². The summed E-state index contributed by atoms with van der Waals surface area (Å²) >= 11 is 3.44. The summed E-state index contributed by atoms with van der Waals surface area (Å²) in [5.74, 6) is 0.296. The van der Waals surface area contributed by atoms with Gasteiger partial charge in [0.15, 0.2) is 0 Å². The molecule has 0 saturated heterocycles. The van der Waals surface area contributed by atoms with Gasteiger partial charge in [-0.1, -0.05) is 0 Å². The molecular weight excluding hydrogens is 268 g/mol. The standard InChI is InChI=1S/C12H15BrN2O/c1-15(2)4-3-8-7-14-12-10(8)5-9(16)6-11(12)13/h5-7,14,16H,3-4H2,1-2H3. The number of likely N-dealkylation sites (N-methyl/N-ethyl adjacent to an activating group) is 1. The van der Waals surface area contributed by atoms with Gasteiger partial charge in [0.25, 0.3) is 0 Å². The fraction of sp³-hybridized carbons (Fsp3) is 0.333. The van der Waals surface area contributed by atoms with Gasteiger partial charge in [-0.05, 0) is 54.1 Å². The third kappa shape index (κ3) is 2.23. The van der Waals surface area contributed by atoms with Gasteiger partial charge >= 0.3 is 0 Å². The van der Waals surface area contributed by atoms with Gasteiger partial charge in [0, 0.05) is 22.6 Å². The average Bonchev–Trinajstić information content (AvgIpc) is 2.58. The van der Waals surface area contributed by atoms with E-state index in [0.717, 1.165) is 28.3 Å². The largest absolute Gasteiger partial charge is 0.508 e. The molecule has 2 aromatic rings. The molecule has 0 saturated carbocycles. The number of nitrogens with zero attached hydrogens (tertiary/aromatic N) is 1. The molecule has 0 unspecified atom stereocenters. The fourth-order valence-corrected chi connectivity index (χ4v) is 2.34. The molecule has 1 aromatic carbocycles. The van der Waals surface area contributed by atoms with E-state index in [9.17, 15) is 5.11 Å². The highest BCUT2D eigenvalue weighted by atomic mass is 79.9. The Kier molecular flexibility index (Phi) is 3.21. The van der Waals surface area contributed by atoms with Crippen LogP contribution in [-0.4, -0.2) is 35.6 Å². The Morgan fingerprint density at radius 3 is 2.81 bits per heavy atom. The summed E-state index contributed by atoms with van der Waals surface area (Å²) in [4.78, 5) is 5.38. The van der Waals surface area contributed by atoms with Crippen LogP contribution in [0.25, 0.3) is 10.9 Å². The molecular formula is C12H15BrN2O. The van der Waals surface area contributed by atoms with E-state index in [1.807, 2.05) is 12.3 Å². The highest BCUT2D eigenvalue weighted by molar-refractivity contribution is 9.10. The Bertz CT molecular complexity index is 505. The van der Waals surface area contributed by atoms with Gasteiger partial charge in [-0.25, -0.2) is 0 Å². The van der Waals surface area contributed by atoms with Crippen molar-refractivity contribution in [3.8, 4) is 5.75 Å². The summed E-state index contributed by atoms with van der Waals surface area (Å²) in [6, 6.07) is 3.51. The van der Waals surface area contributed by atoms with Crippen molar-refractivity contribution in [1.29, 1.82) is 0 Å². The third-order valence-corrected chi connectivity index (χ3v) is 3.27. The molecule has 0 atom stereocenters. The molecule has 1 heterocycles. The fourth-order valence-electron chi connectivity index (χ4n) is 1.78. The summed E-state index contributed by atoms with van der Waals surface area (Å²) < 4.78 is 0.901. The molecule has 3 nitrogen and oxygen atoms in total. The van der Waals surface area contributed by atoms with E-state index in [4.69, 9.17) is 0 Å². The Balaban J connectivity index is 2.40. The summed E-state index contributed by atoms with van der Waals surface area (Å²) in [7, 11) is 4.12. The minimum absolute atomic E-state index is 0.296. The number of nitrogens with one attached hydrogen (secondary N) is 1. The first-order valence-corrected chi connectivity index (χ1v) is 6.00. The quantitative estimate of drug-likeness (QED) is 0.909. The lowest BCUT2D eigenvalue weighted by molar-refractivity contribution is 0.414. The first-order valence-electron chi connectivity index (χ1n) is 5.21. The summed E-state index contributed by atoms with van der Waals surface area (Å²) in [6.07, 6.45) is 2.99. The number of aromatic amines is 1. The number of aromatic hydroxyl groups is 1. The Labute approximate surface area is 103 Å². The summed E-state index contributed by atoms with van der Waals surface area (Å²) in [6.45, 7) is 1.00. The van der Waals surface area contributed by atoms with Gasteiger partial charge in [-0.3, -0.25) is 0 Å². The van der Waals surface area contributed by atoms with E-state index in [1.54, 1.807) is 6.07 Å². The zero-order chi connectivity index (χ0) is 11.7. The van der Waals surface area contributed by atoms with Crippen molar-refractivity contribution < 1.29 is 5.11 Å². The van der Waals surface area contributed by atoms with Crippen molar-refractivity contribution in [2.24, 2.45) is 0 Å². The van der Waals surface area contributed by atoms with E-state index in [0.29, 0.717) is 5.75 Å². The molecule has 0 spiro atoms. The maximum Gasteiger partial charge on any atom is 0.117 e. The van der Waals surface area contributed by atoms with Crippen LogP contribution in [0.3, 0.4) is 0 Å². The Hall–Kier alpha value is -1.00. The van der Waals surface area contributed by atoms with Crippen LogP contribution in [0, 0.1) is 0 Å². The predicted molar refractivity (Wildman–Crippen MR) is 69.9 cm³/mol. The molecule has 0 aliphatic heterocycles. The van der Waals surface area contributed by atoms with E-state index in [-0.39, 0.29) is 0 Å². The number of rotatable bonds is 3.